The van der Waals surface area contributed by atoms with Gasteiger partial charge in [0, 0.05) is 30.6 Å². The number of rotatable bonds is 10. The zero-order chi connectivity index (χ0) is 18.2. The Morgan fingerprint density at radius 3 is 2.46 bits per heavy atom. The summed E-state index contributed by atoms with van der Waals surface area (Å²) >= 11 is 1.34. The van der Waals surface area contributed by atoms with Crippen molar-refractivity contribution in [1.29, 1.82) is 0 Å². The van der Waals surface area contributed by atoms with E-state index >= 15 is 0 Å². The molecular formula is C18H24N2O5S. The van der Waals surface area contributed by atoms with Gasteiger partial charge in [-0.2, -0.15) is 0 Å². The smallest absolute Gasteiger partial charge is 0.335 e. The molecule has 142 valence electrons. The molecule has 2 aromatic rings. The zero-order valence-corrected chi connectivity index (χ0v) is 15.5. The summed E-state index contributed by atoms with van der Waals surface area (Å²) in [5, 5.41) is 17.8. The maximum Gasteiger partial charge on any atom is 0.335 e. The SMILES string of the molecule is CCCCc1ncc(CSCC(=O)O)n1Cc1ccc(C(=O)O)cc1.O. The quantitative estimate of drug-likeness (QED) is 0.652. The van der Waals surface area contributed by atoms with Crippen LogP contribution in [0.5, 0.6) is 0 Å². The molecule has 1 aromatic heterocycles. The molecule has 8 heteroatoms. The van der Waals surface area contributed by atoms with Gasteiger partial charge in [0.25, 0.3) is 0 Å². The molecular weight excluding hydrogens is 356 g/mol. The molecule has 0 aliphatic heterocycles. The fourth-order valence-corrected chi connectivity index (χ4v) is 3.19. The van der Waals surface area contributed by atoms with Crippen molar-refractivity contribution in [2.24, 2.45) is 0 Å². The third-order valence-electron chi connectivity index (χ3n) is 3.79. The van der Waals surface area contributed by atoms with Gasteiger partial charge < -0.3 is 20.3 Å². The Kier molecular flexibility index (Phi) is 8.87. The molecule has 0 aliphatic carbocycles. The molecule has 0 fully saturated rings. The minimum Gasteiger partial charge on any atom is -0.481 e. The number of thioether (sulfide) groups is 1. The number of carbonyl (C=O) groups is 2. The Hall–Kier alpha value is -2.32. The van der Waals surface area contributed by atoms with Crippen LogP contribution in [-0.4, -0.2) is 42.9 Å². The van der Waals surface area contributed by atoms with Crippen LogP contribution in [0.15, 0.2) is 30.5 Å². The predicted octanol–water partition coefficient (Wildman–Crippen LogP) is 2.47. The van der Waals surface area contributed by atoms with Gasteiger partial charge in [-0.25, -0.2) is 9.78 Å². The first-order valence-electron chi connectivity index (χ1n) is 8.16. The number of aryl methyl sites for hydroxylation is 1. The summed E-state index contributed by atoms with van der Waals surface area (Å²) in [6.45, 7) is 2.73. The fraction of sp³-hybridized carbons (Fsp3) is 0.389. The number of aliphatic carboxylic acids is 1. The van der Waals surface area contributed by atoms with Gasteiger partial charge >= 0.3 is 11.9 Å². The lowest BCUT2D eigenvalue weighted by molar-refractivity contribution is -0.133. The molecule has 0 spiro atoms. The number of aromatic carboxylic acids is 1. The van der Waals surface area contributed by atoms with Gasteiger partial charge in [0.15, 0.2) is 0 Å². The first kappa shape index (κ1) is 21.7. The Balaban J connectivity index is 0.00000338. The molecule has 26 heavy (non-hydrogen) atoms. The van der Waals surface area contributed by atoms with Crippen molar-refractivity contribution < 1.29 is 25.3 Å². The number of carboxylic acid groups (broad SMARTS) is 2. The summed E-state index contributed by atoms with van der Waals surface area (Å²) in [6.07, 6.45) is 4.79. The largest absolute Gasteiger partial charge is 0.481 e. The number of imidazole rings is 1. The predicted molar refractivity (Wildman–Crippen MR) is 101 cm³/mol. The lowest BCUT2D eigenvalue weighted by Crippen LogP contribution is -2.09. The number of hydrogen-bond acceptors (Lipinski definition) is 4. The summed E-state index contributed by atoms with van der Waals surface area (Å²) < 4.78 is 2.11. The number of hydrogen-bond donors (Lipinski definition) is 2. The van der Waals surface area contributed by atoms with Crippen molar-refractivity contribution in [3.63, 3.8) is 0 Å². The van der Waals surface area contributed by atoms with Gasteiger partial charge in [-0.15, -0.1) is 11.8 Å². The highest BCUT2D eigenvalue weighted by Gasteiger charge is 2.12. The summed E-state index contributed by atoms with van der Waals surface area (Å²) in [7, 11) is 0. The average molecular weight is 380 g/mol. The van der Waals surface area contributed by atoms with E-state index in [0.717, 1.165) is 36.3 Å². The third kappa shape index (κ3) is 6.20. The van der Waals surface area contributed by atoms with Gasteiger partial charge in [0.05, 0.1) is 11.3 Å². The van der Waals surface area contributed by atoms with Gasteiger partial charge in [-0.1, -0.05) is 25.5 Å². The second-order valence-electron chi connectivity index (χ2n) is 5.74. The minimum atomic E-state index is -0.941. The molecule has 1 aromatic carbocycles. The van der Waals surface area contributed by atoms with Crippen molar-refractivity contribution in [3.8, 4) is 0 Å². The van der Waals surface area contributed by atoms with Crippen LogP contribution in [0.3, 0.4) is 0 Å². The Morgan fingerprint density at radius 1 is 1.19 bits per heavy atom. The number of nitrogens with zero attached hydrogens (tertiary/aromatic N) is 2. The van der Waals surface area contributed by atoms with Gasteiger partial charge in [0.2, 0.25) is 0 Å². The number of aromatic nitrogens is 2. The summed E-state index contributed by atoms with van der Waals surface area (Å²) in [5.74, 6) is -0.147. The van der Waals surface area contributed by atoms with Crippen LogP contribution in [0.25, 0.3) is 0 Å². The van der Waals surface area contributed by atoms with E-state index in [-0.39, 0.29) is 16.8 Å². The second-order valence-corrected chi connectivity index (χ2v) is 6.73. The lowest BCUT2D eigenvalue weighted by Gasteiger charge is -2.12. The van der Waals surface area contributed by atoms with Crippen LogP contribution in [0, 0.1) is 0 Å². The van der Waals surface area contributed by atoms with Crippen LogP contribution >= 0.6 is 11.8 Å². The standard InChI is InChI=1S/C18H22N2O4S.H2O/c1-2-3-4-16-19-9-15(11-25-12-17(21)22)20(16)10-13-5-7-14(8-6-13)18(23)24;/h5-9H,2-4,10-12H2,1H3,(H,21,22)(H,23,24);1H2. The Labute approximate surface area is 156 Å². The summed E-state index contributed by atoms with van der Waals surface area (Å²) in [6, 6.07) is 6.81. The van der Waals surface area contributed by atoms with E-state index in [4.69, 9.17) is 10.2 Å². The minimum absolute atomic E-state index is 0. The van der Waals surface area contributed by atoms with Gasteiger partial charge in [-0.05, 0) is 24.1 Å². The number of benzene rings is 1. The molecule has 0 radical (unpaired) electrons. The van der Waals surface area contributed by atoms with E-state index in [9.17, 15) is 9.59 Å². The number of unbranched alkanes of at least 4 members (excludes halogenated alkanes) is 1. The number of carboxylic acids is 2. The summed E-state index contributed by atoms with van der Waals surface area (Å²) in [5.41, 5.74) is 2.24. The van der Waals surface area contributed by atoms with E-state index in [1.165, 1.54) is 11.8 Å². The normalized spacial score (nSPS) is 10.3. The maximum atomic E-state index is 11.0. The molecule has 7 nitrogen and oxygen atoms in total. The molecule has 0 saturated carbocycles. The highest BCUT2D eigenvalue weighted by atomic mass is 32.2. The van der Waals surface area contributed by atoms with Crippen molar-refractivity contribution in [2.75, 3.05) is 5.75 Å². The van der Waals surface area contributed by atoms with E-state index in [1.807, 2.05) is 6.20 Å². The lowest BCUT2D eigenvalue weighted by atomic mass is 10.1. The molecule has 0 aliphatic rings. The molecule has 4 N–H and O–H groups in total. The third-order valence-corrected chi connectivity index (χ3v) is 4.74. The Morgan fingerprint density at radius 2 is 1.88 bits per heavy atom. The first-order valence-corrected chi connectivity index (χ1v) is 9.31. The zero-order valence-electron chi connectivity index (χ0n) is 14.6. The first-order chi connectivity index (χ1) is 12.0. The Bertz CT molecular complexity index is 728. The van der Waals surface area contributed by atoms with Crippen molar-refractivity contribution in [1.82, 2.24) is 9.55 Å². The molecule has 0 saturated heterocycles. The van der Waals surface area contributed by atoms with Crippen LogP contribution in [0.4, 0.5) is 0 Å². The van der Waals surface area contributed by atoms with Crippen molar-refractivity contribution in [2.45, 2.75) is 38.5 Å². The van der Waals surface area contributed by atoms with E-state index in [1.54, 1.807) is 24.3 Å². The van der Waals surface area contributed by atoms with Crippen LogP contribution in [0.2, 0.25) is 0 Å². The second kappa shape index (κ2) is 10.6. The van der Waals surface area contributed by atoms with E-state index in [2.05, 4.69) is 16.5 Å². The van der Waals surface area contributed by atoms with Gasteiger partial charge in [-0.3, -0.25) is 4.79 Å². The van der Waals surface area contributed by atoms with Crippen LogP contribution < -0.4 is 0 Å². The average Bonchev–Trinajstić information content (AvgIpc) is 2.95. The monoisotopic (exact) mass is 380 g/mol. The molecule has 0 bridgehead atoms. The molecule has 0 unspecified atom stereocenters. The highest BCUT2D eigenvalue weighted by Crippen LogP contribution is 2.18. The van der Waals surface area contributed by atoms with Gasteiger partial charge in [0.1, 0.15) is 5.82 Å². The van der Waals surface area contributed by atoms with Crippen molar-refractivity contribution in [3.05, 3.63) is 53.1 Å². The molecule has 2 rings (SSSR count). The summed E-state index contributed by atoms with van der Waals surface area (Å²) in [4.78, 5) is 26.2. The topological polar surface area (TPSA) is 124 Å². The highest BCUT2D eigenvalue weighted by molar-refractivity contribution is 7.99. The van der Waals surface area contributed by atoms with E-state index < -0.39 is 11.9 Å². The van der Waals surface area contributed by atoms with E-state index in [0.29, 0.717) is 12.3 Å². The molecule has 1 heterocycles. The fourth-order valence-electron chi connectivity index (χ4n) is 2.47. The molecule has 0 amide bonds. The molecule has 0 atom stereocenters. The van der Waals surface area contributed by atoms with Crippen LogP contribution in [0.1, 0.15) is 47.2 Å². The maximum absolute atomic E-state index is 11.0. The van der Waals surface area contributed by atoms with Crippen molar-refractivity contribution >= 4 is 23.7 Å². The van der Waals surface area contributed by atoms with Crippen LogP contribution in [-0.2, 0) is 23.5 Å².